The van der Waals surface area contributed by atoms with E-state index in [9.17, 15) is 217 Å². The third-order valence-electron chi connectivity index (χ3n) is 12.1. The minimum absolute atomic E-state index is 0.0303. The Hall–Kier alpha value is -3.30. The van der Waals surface area contributed by atoms with E-state index < -0.39 is 338 Å². The second kappa shape index (κ2) is 40.1. The van der Waals surface area contributed by atoms with Gasteiger partial charge in [0.1, 0.15) is 73.2 Å². The molecule has 2 aliphatic heterocycles. The van der Waals surface area contributed by atoms with E-state index in [1.165, 1.54) is 0 Å². The van der Waals surface area contributed by atoms with Crippen LogP contribution in [0.5, 0.6) is 0 Å². The fourth-order valence-electron chi connectivity index (χ4n) is 8.61. The molecule has 2 saturated heterocycles. The fraction of sp³-hybridized carbons (Fsp3) is 0.929. The summed E-state index contributed by atoms with van der Waals surface area (Å²) in [5, 5.41) is 0. The Bertz CT molecular complexity index is 5080. The van der Waals surface area contributed by atoms with E-state index in [1.54, 1.807) is 0 Å². The van der Waals surface area contributed by atoms with Crippen molar-refractivity contribution in [3.05, 3.63) is 0 Å². The highest BCUT2D eigenvalue weighted by Crippen LogP contribution is 2.38. The molecule has 72 nitrogen and oxygen atoms in total. The smallest absolute Gasteiger partial charge is 0.342 e. The highest BCUT2D eigenvalue weighted by Gasteiger charge is 2.60. The van der Waals surface area contributed by atoms with Gasteiger partial charge in [0.25, 0.3) is 11.8 Å². The van der Waals surface area contributed by atoms with Crippen molar-refractivity contribution in [2.24, 2.45) is 0 Å². The van der Waals surface area contributed by atoms with Gasteiger partial charge in [-0.15, -0.1) is 0 Å². The molecule has 88 heteroatoms. The highest BCUT2D eigenvalue weighted by atomic mass is 32.3. The topological polar surface area (TPSA) is 1100 Å². The van der Waals surface area contributed by atoms with E-state index in [0.717, 1.165) is 0 Å². The van der Waals surface area contributed by atoms with Crippen LogP contribution in [-0.4, -0.2) is 393 Å². The molecule has 0 aromatic heterocycles. The number of nitrogens with zero attached hydrogens (tertiary/aromatic N) is 2. The van der Waals surface area contributed by atoms with Crippen LogP contribution >= 0.6 is 0 Å². The normalized spacial score (nSPS) is 24.2. The minimum Gasteiger partial charge on any atom is -0.342 e. The molecule has 0 aromatic rings. The van der Waals surface area contributed by atoms with E-state index in [1.807, 2.05) is 0 Å². The van der Waals surface area contributed by atoms with Crippen molar-refractivity contribution in [3.63, 3.8) is 0 Å². The number of likely N-dealkylation sites (N-methyl/N-ethyl adjacent to an activating group) is 2. The molecule has 0 spiro atoms. The van der Waals surface area contributed by atoms with Crippen LogP contribution in [0.25, 0.3) is 0 Å². The van der Waals surface area contributed by atoms with Gasteiger partial charge in [-0.05, 0) is 0 Å². The first-order valence-electron chi connectivity index (χ1n) is 26.5. The summed E-state index contributed by atoms with van der Waals surface area (Å²) < 4.78 is 633. The Morgan fingerprint density at radius 3 is 0.698 bits per heavy atom. The Morgan fingerprint density at radius 1 is 0.276 bits per heavy atom. The predicted octanol–water partition coefficient (Wildman–Crippen LogP) is -14.3. The number of amides is 2. The molecule has 7 unspecified atom stereocenters. The van der Waals surface area contributed by atoms with Gasteiger partial charge < -0.3 is 28.7 Å². The molecular weight excluding hydrogens is 2000 g/mol. The molecule has 2 heterocycles. The van der Waals surface area contributed by atoms with E-state index in [2.05, 4.69) is 66.9 Å². The van der Waals surface area contributed by atoms with Gasteiger partial charge in [0, 0.05) is 27.2 Å². The van der Waals surface area contributed by atoms with E-state index >= 15 is 0 Å². The predicted molar refractivity (Wildman–Crippen MR) is 329 cm³/mol. The van der Waals surface area contributed by atoms with Crippen LogP contribution < -0.4 is 0 Å². The fourth-order valence-corrected chi connectivity index (χ4v) is 15.7. The second-order valence-electron chi connectivity index (χ2n) is 20.6. The molecule has 2 amide bonds. The third kappa shape index (κ3) is 44.2. The van der Waals surface area contributed by atoms with Gasteiger partial charge in [-0.2, -0.15) is 135 Å². The molecule has 16 N–H and O–H groups in total. The lowest BCUT2D eigenvalue weighted by Crippen LogP contribution is -2.65. The van der Waals surface area contributed by atoms with Crippen molar-refractivity contribution in [3.8, 4) is 0 Å². The minimum atomic E-state index is -7.05. The molecule has 18 atom stereocenters. The van der Waals surface area contributed by atoms with Crippen LogP contribution in [0, 0.1) is 0 Å². The second-order valence-corrected chi connectivity index (χ2v) is 37.5. The number of hydrogen-bond donors (Lipinski definition) is 16. The summed E-state index contributed by atoms with van der Waals surface area (Å²) in [4.78, 5) is 28.5. The van der Waals surface area contributed by atoms with Crippen molar-refractivity contribution < 1.29 is 303 Å². The molecule has 2 aliphatic rings. The van der Waals surface area contributed by atoms with E-state index in [4.69, 9.17) is 18.9 Å². The van der Waals surface area contributed by atoms with Crippen LogP contribution in [0.1, 0.15) is 0 Å². The highest BCUT2D eigenvalue weighted by molar-refractivity contribution is 7.84. The molecule has 690 valence electrons. The zero-order chi connectivity index (χ0) is 91.1. The number of hydrogen-bond acceptors (Lipinski definition) is 54. The number of ether oxygens (including phenoxy) is 4. The lowest BCUT2D eigenvalue weighted by atomic mass is 9.98. The van der Waals surface area contributed by atoms with Crippen LogP contribution in [0.4, 0.5) is 0 Å². The van der Waals surface area contributed by atoms with Crippen LogP contribution in [-0.2, 0) is 262 Å². The van der Waals surface area contributed by atoms with Crippen molar-refractivity contribution in [2.75, 3.05) is 53.6 Å². The Labute approximate surface area is 650 Å². The van der Waals surface area contributed by atoms with Gasteiger partial charge in [-0.25, -0.2) is 66.9 Å². The first-order chi connectivity index (χ1) is 51.1. The largest absolute Gasteiger partial charge is 0.398 e. The number of rotatable bonds is 51. The zero-order valence-corrected chi connectivity index (χ0v) is 67.3. The maximum absolute atomic E-state index is 14.7. The summed E-state index contributed by atoms with van der Waals surface area (Å²) in [6.45, 7) is -14.1. The van der Waals surface area contributed by atoms with E-state index in [0.29, 0.717) is 0 Å². The quantitative estimate of drug-likeness (QED) is 0.0252. The summed E-state index contributed by atoms with van der Waals surface area (Å²) in [6, 6.07) is 0. The number of carbonyl (C=O) groups is 2. The van der Waals surface area contributed by atoms with Gasteiger partial charge in [0.2, 0.25) is 0 Å². The summed E-state index contributed by atoms with van der Waals surface area (Å²) in [6.07, 6.45) is -72.3. The summed E-state index contributed by atoms with van der Waals surface area (Å²) in [7, 11) is -106. The number of carbonyl (C=O) groups excluding carboxylic acids is 2. The summed E-state index contributed by atoms with van der Waals surface area (Å²) >= 11 is 0. The van der Waals surface area contributed by atoms with Crippen molar-refractivity contribution in [1.29, 1.82) is 0 Å². The molecular formula is C28H52N2O70S16. The lowest BCUT2D eigenvalue weighted by Gasteiger charge is -2.45. The Morgan fingerprint density at radius 2 is 0.491 bits per heavy atom. The van der Waals surface area contributed by atoms with Gasteiger partial charge in [0.05, 0.1) is 26.4 Å². The lowest BCUT2D eigenvalue weighted by molar-refractivity contribution is -0.312. The molecule has 116 heavy (non-hydrogen) atoms. The van der Waals surface area contributed by atoms with Crippen molar-refractivity contribution in [1.82, 2.24) is 9.80 Å². The van der Waals surface area contributed by atoms with Gasteiger partial charge in [-0.1, -0.05) is 0 Å². The molecule has 0 aromatic carbocycles. The SMILES string of the molecule is CN(CCN(C)C(=O)C(OS(=O)(=O)O)C(OS(=O)(=O)O)[C@H](O[C@@H]1O[C@H](COS(=O)(=O)O)[C@H](OS(=O)(=O)O)[C@H](OS(=O)(=O)O)[C@H]1OS(=O)(=O)O)C(COS(=O)(=O)O)OS(=O)(=O)O)C(=O)C(OS(=O)(=O)O)C(OS(=O)(=O)O)C(O[C@H]1O[C@@H](COS(=O)(=O)O)[C@@H](OS(=O)(=O)O)[C@@H](OS(=O)(=O)O)[C@@H]1OS(=O)(=O)O)C(COS(=O)(=O)O)OS(=O)(=O)O. The Balaban J connectivity index is 3.44. The van der Waals surface area contributed by atoms with E-state index in [-0.39, 0.29) is 14.1 Å². The molecule has 2 fully saturated rings. The zero-order valence-electron chi connectivity index (χ0n) is 54.3. The monoisotopic (exact) mass is 2050 g/mol. The average Bonchev–Trinajstić information content (AvgIpc) is 0.765. The summed E-state index contributed by atoms with van der Waals surface area (Å²) in [5.74, 6) is -5.66. The Kier molecular flexibility index (Phi) is 37.6. The van der Waals surface area contributed by atoms with Crippen LogP contribution in [0.15, 0.2) is 0 Å². The van der Waals surface area contributed by atoms with Gasteiger partial charge in [0.15, 0.2) is 37.0 Å². The molecule has 2 rings (SSSR count). The molecule has 0 bridgehead atoms. The first kappa shape index (κ1) is 109. The maximum atomic E-state index is 14.7. The standard InChI is InChI=1S/C28H52N2O70S16/c1-29(25(31)21(97-113(69,70)71)17(93-109(57,58)59)13(11(89-105(45,46)47)7-83-103(39,40)41)87-27-23(99-115(75,76)77)19(95-111(63,64)65)15(91-107(51,52)53)9(85-27)5-81-101(33,34)35)3-4-30(2)26(32)22(98-114(72,73)74)18(94-110(60,61)62)14(12(90-106(48,49)50)8-84-104(42,43)44)88-28-24(100-116(78,79)80)20(96-112(66,67)68)16(92-108(54,55)56)10(86-28)6-82-102(36,37)38/h9-24,27-28H,3-8H2,1-2H3,(H,33,34,35)(H,36,37,38)(H,39,40,41)(H,42,43,44)(H,45,46,47)(H,48,49,50)(H,51,52,53)(H,54,55,56)(H,57,58,59)(H,60,61,62)(H,63,64,65)(H,66,67,68)(H,69,70,71)(H,72,73,74)(H,75,76,77)(H,78,79,80)/t9-,10+,11?,12?,13-,14?,15+,16-,17?,18?,19+,20-,21?,22?,23-,24+,27+,28-/m1/s1. The first-order valence-corrected chi connectivity index (χ1v) is 48.4. The van der Waals surface area contributed by atoms with Crippen LogP contribution in [0.2, 0.25) is 0 Å². The van der Waals surface area contributed by atoms with Gasteiger partial charge in [-0.3, -0.25) is 82.4 Å². The molecule has 0 radical (unpaired) electrons. The molecule has 0 saturated carbocycles. The van der Waals surface area contributed by atoms with Gasteiger partial charge >= 0.3 is 166 Å². The third-order valence-corrected chi connectivity index (χ3v) is 19.4. The average molecular weight is 2050 g/mol. The van der Waals surface area contributed by atoms with Crippen molar-refractivity contribution in [2.45, 2.75) is 110 Å². The summed E-state index contributed by atoms with van der Waals surface area (Å²) in [5.41, 5.74) is 0. The van der Waals surface area contributed by atoms with Crippen LogP contribution in [0.3, 0.4) is 0 Å². The maximum Gasteiger partial charge on any atom is 0.398 e. The molecule has 0 aliphatic carbocycles. The van der Waals surface area contributed by atoms with Crippen molar-refractivity contribution >= 4 is 178 Å².